The molecular weight excluding hydrogens is 318 g/mol. The van der Waals surface area contributed by atoms with Gasteiger partial charge < -0.3 is 10.1 Å². The van der Waals surface area contributed by atoms with Crippen LogP contribution in [-0.2, 0) is 11.3 Å². The number of methoxy groups -OCH3 is 1. The highest BCUT2D eigenvalue weighted by atomic mass is 79.9. The van der Waals surface area contributed by atoms with Crippen molar-refractivity contribution in [3.05, 3.63) is 39.5 Å². The fourth-order valence-electron chi connectivity index (χ4n) is 1.90. The second kappa shape index (κ2) is 6.33. The van der Waals surface area contributed by atoms with Gasteiger partial charge in [0.15, 0.2) is 5.82 Å². The molecule has 0 unspecified atom stereocenters. The van der Waals surface area contributed by atoms with Crippen LogP contribution in [0.25, 0.3) is 11.4 Å². The number of aryl methyl sites for hydroxylation is 2. The summed E-state index contributed by atoms with van der Waals surface area (Å²) in [6.45, 7) is 4.62. The van der Waals surface area contributed by atoms with E-state index in [1.54, 1.807) is 7.11 Å². The number of benzene rings is 1. The van der Waals surface area contributed by atoms with Gasteiger partial charge in [-0.3, -0.25) is 0 Å². The van der Waals surface area contributed by atoms with Crippen LogP contribution in [0.15, 0.2) is 22.7 Å². The number of hydrogen-bond donors (Lipinski definition) is 1. The Morgan fingerprint density at radius 1 is 1.20 bits per heavy atom. The molecule has 1 N–H and O–H groups in total. The van der Waals surface area contributed by atoms with E-state index in [2.05, 4.69) is 57.2 Å². The topological polar surface area (TPSA) is 47.0 Å². The monoisotopic (exact) mass is 335 g/mol. The number of hydrogen-bond acceptors (Lipinski definition) is 4. The lowest BCUT2D eigenvalue weighted by Gasteiger charge is -2.11. The lowest BCUT2D eigenvalue weighted by Crippen LogP contribution is -2.04. The predicted molar refractivity (Wildman–Crippen MR) is 84.9 cm³/mol. The van der Waals surface area contributed by atoms with Gasteiger partial charge in [0, 0.05) is 19.7 Å². The summed E-state index contributed by atoms with van der Waals surface area (Å²) < 4.78 is 6.04. The van der Waals surface area contributed by atoms with Gasteiger partial charge in [0.05, 0.1) is 16.8 Å². The van der Waals surface area contributed by atoms with Crippen molar-refractivity contribution in [2.45, 2.75) is 20.5 Å². The molecule has 0 aliphatic carbocycles. The van der Waals surface area contributed by atoms with Crippen molar-refractivity contribution in [3.8, 4) is 11.4 Å². The third-order valence-electron chi connectivity index (χ3n) is 3.20. The maximum absolute atomic E-state index is 5.19. The number of nitrogens with zero attached hydrogens (tertiary/aromatic N) is 2. The van der Waals surface area contributed by atoms with Crippen LogP contribution in [0.5, 0.6) is 0 Å². The van der Waals surface area contributed by atoms with Gasteiger partial charge in [0.25, 0.3) is 0 Å². The zero-order valence-corrected chi connectivity index (χ0v) is 13.7. The van der Waals surface area contributed by atoms with Gasteiger partial charge in [-0.15, -0.1) is 0 Å². The minimum absolute atomic E-state index is 0.440. The van der Waals surface area contributed by atoms with E-state index in [-0.39, 0.29) is 0 Å². The van der Waals surface area contributed by atoms with Gasteiger partial charge >= 0.3 is 0 Å². The van der Waals surface area contributed by atoms with Crippen LogP contribution < -0.4 is 5.32 Å². The summed E-state index contributed by atoms with van der Waals surface area (Å²) in [6.07, 6.45) is 0. The Balaban J connectivity index is 2.55. The first kappa shape index (κ1) is 14.9. The first-order chi connectivity index (χ1) is 9.56. The second-order valence-corrected chi connectivity index (χ2v) is 5.43. The van der Waals surface area contributed by atoms with Gasteiger partial charge in [0.2, 0.25) is 0 Å². The Morgan fingerprint density at radius 3 is 2.55 bits per heavy atom. The molecule has 106 valence electrons. The Hall–Kier alpha value is -1.46. The van der Waals surface area contributed by atoms with Gasteiger partial charge in [-0.25, -0.2) is 9.97 Å². The SMILES string of the molecule is CNc1nc(-c2ccc(C)c(C)c2)nc(COC)c1Br. The second-order valence-electron chi connectivity index (χ2n) is 4.64. The minimum Gasteiger partial charge on any atom is -0.378 e. The molecule has 0 amide bonds. The van der Waals surface area contributed by atoms with Crippen LogP contribution in [0.2, 0.25) is 0 Å². The predicted octanol–water partition coefficient (Wildman–Crippen LogP) is 3.71. The molecule has 0 aliphatic heterocycles. The highest BCUT2D eigenvalue weighted by molar-refractivity contribution is 9.10. The van der Waals surface area contributed by atoms with Crippen LogP contribution in [0.1, 0.15) is 16.8 Å². The lowest BCUT2D eigenvalue weighted by molar-refractivity contribution is 0.181. The van der Waals surface area contributed by atoms with Crippen LogP contribution in [0, 0.1) is 13.8 Å². The van der Waals surface area contributed by atoms with E-state index in [1.807, 2.05) is 13.1 Å². The fourth-order valence-corrected chi connectivity index (χ4v) is 2.39. The van der Waals surface area contributed by atoms with Crippen LogP contribution in [0.3, 0.4) is 0 Å². The number of halogens is 1. The average molecular weight is 336 g/mol. The Kier molecular flexibility index (Phi) is 4.73. The van der Waals surface area contributed by atoms with Crippen molar-refractivity contribution in [2.24, 2.45) is 0 Å². The summed E-state index contributed by atoms with van der Waals surface area (Å²) in [7, 11) is 3.50. The Labute approximate surface area is 127 Å². The lowest BCUT2D eigenvalue weighted by atomic mass is 10.1. The van der Waals surface area contributed by atoms with Crippen molar-refractivity contribution in [2.75, 3.05) is 19.5 Å². The van der Waals surface area contributed by atoms with Crippen LogP contribution in [0.4, 0.5) is 5.82 Å². The van der Waals surface area contributed by atoms with Gasteiger partial charge in [-0.2, -0.15) is 0 Å². The number of nitrogens with one attached hydrogen (secondary N) is 1. The molecule has 2 rings (SSSR count). The van der Waals surface area contributed by atoms with Gasteiger partial charge in [0.1, 0.15) is 5.82 Å². The highest BCUT2D eigenvalue weighted by Crippen LogP contribution is 2.28. The molecule has 5 heteroatoms. The highest BCUT2D eigenvalue weighted by Gasteiger charge is 2.13. The number of rotatable bonds is 4. The zero-order chi connectivity index (χ0) is 14.7. The zero-order valence-electron chi connectivity index (χ0n) is 12.1. The Morgan fingerprint density at radius 2 is 1.95 bits per heavy atom. The summed E-state index contributed by atoms with van der Waals surface area (Å²) in [5.74, 6) is 1.47. The third-order valence-corrected chi connectivity index (χ3v) is 4.04. The summed E-state index contributed by atoms with van der Waals surface area (Å²) in [6, 6.07) is 6.24. The molecule has 20 heavy (non-hydrogen) atoms. The molecule has 0 aliphatic rings. The van der Waals surface area contributed by atoms with Crippen LogP contribution in [-0.4, -0.2) is 24.1 Å². The summed E-state index contributed by atoms with van der Waals surface area (Å²) in [5.41, 5.74) is 4.33. The fraction of sp³-hybridized carbons (Fsp3) is 0.333. The summed E-state index contributed by atoms with van der Waals surface area (Å²) >= 11 is 3.51. The third kappa shape index (κ3) is 2.99. The molecular formula is C15H18BrN3O. The molecule has 0 saturated heterocycles. The largest absolute Gasteiger partial charge is 0.378 e. The molecule has 0 spiro atoms. The van der Waals surface area contributed by atoms with Crippen LogP contribution >= 0.6 is 15.9 Å². The standard InChI is InChI=1S/C15H18BrN3O/c1-9-5-6-11(7-10(9)2)14-18-12(8-20-4)13(16)15(17-3)19-14/h5-7H,8H2,1-4H3,(H,17,18,19). The maximum Gasteiger partial charge on any atom is 0.161 e. The van der Waals surface area contributed by atoms with Crippen molar-refractivity contribution in [1.29, 1.82) is 0 Å². The first-order valence-corrected chi connectivity index (χ1v) is 7.16. The van der Waals surface area contributed by atoms with Gasteiger partial charge in [-0.1, -0.05) is 12.1 Å². The van der Waals surface area contributed by atoms with Gasteiger partial charge in [-0.05, 0) is 47.0 Å². The van der Waals surface area contributed by atoms with E-state index in [4.69, 9.17) is 4.74 Å². The average Bonchev–Trinajstić information content (AvgIpc) is 2.44. The molecule has 1 aromatic heterocycles. The van der Waals surface area contributed by atoms with Crippen molar-refractivity contribution in [1.82, 2.24) is 9.97 Å². The van der Waals surface area contributed by atoms with E-state index in [0.717, 1.165) is 21.5 Å². The minimum atomic E-state index is 0.440. The maximum atomic E-state index is 5.19. The number of ether oxygens (including phenoxy) is 1. The molecule has 2 aromatic rings. The molecule has 0 radical (unpaired) electrons. The van der Waals surface area contributed by atoms with E-state index in [1.165, 1.54) is 11.1 Å². The quantitative estimate of drug-likeness (QED) is 0.925. The molecule has 4 nitrogen and oxygen atoms in total. The van der Waals surface area contributed by atoms with Crippen molar-refractivity contribution >= 4 is 21.7 Å². The smallest absolute Gasteiger partial charge is 0.161 e. The first-order valence-electron chi connectivity index (χ1n) is 6.37. The summed E-state index contributed by atoms with van der Waals surface area (Å²) in [4.78, 5) is 9.14. The molecule has 0 atom stereocenters. The van der Waals surface area contributed by atoms with E-state index in [9.17, 15) is 0 Å². The Bertz CT molecular complexity index is 629. The number of anilines is 1. The van der Waals surface area contributed by atoms with Crippen molar-refractivity contribution < 1.29 is 4.74 Å². The molecule has 1 heterocycles. The summed E-state index contributed by atoms with van der Waals surface area (Å²) in [5, 5.41) is 3.08. The van der Waals surface area contributed by atoms with E-state index < -0.39 is 0 Å². The molecule has 0 fully saturated rings. The van der Waals surface area contributed by atoms with E-state index >= 15 is 0 Å². The van der Waals surface area contributed by atoms with Crippen molar-refractivity contribution in [3.63, 3.8) is 0 Å². The molecule has 0 bridgehead atoms. The molecule has 0 saturated carbocycles. The number of aromatic nitrogens is 2. The van der Waals surface area contributed by atoms with E-state index in [0.29, 0.717) is 12.4 Å². The molecule has 1 aromatic carbocycles. The normalized spacial score (nSPS) is 10.7.